The smallest absolute Gasteiger partial charge is 0.224 e. The number of amides is 1. The van der Waals surface area contributed by atoms with Crippen molar-refractivity contribution in [2.45, 2.75) is 13.0 Å². The van der Waals surface area contributed by atoms with Gasteiger partial charge in [-0.05, 0) is 29.3 Å². The molecule has 1 amide bonds. The van der Waals surface area contributed by atoms with Crippen LogP contribution in [0.15, 0.2) is 41.0 Å². The minimum absolute atomic E-state index is 0.0871. The summed E-state index contributed by atoms with van der Waals surface area (Å²) in [6.07, 6.45) is 2.12. The Labute approximate surface area is 93.1 Å². The first-order valence-electron chi connectivity index (χ1n) is 5.25. The van der Waals surface area contributed by atoms with Gasteiger partial charge < -0.3 is 9.73 Å². The molecule has 16 heavy (non-hydrogen) atoms. The molecule has 0 fully saturated rings. The minimum Gasteiger partial charge on any atom is -0.464 e. The van der Waals surface area contributed by atoms with Crippen LogP contribution in [0.5, 0.6) is 0 Å². The van der Waals surface area contributed by atoms with Crippen molar-refractivity contribution in [3.8, 4) is 11.3 Å². The Morgan fingerprint density at radius 1 is 1.19 bits per heavy atom. The number of benzene rings is 1. The molecule has 1 aromatic carbocycles. The highest BCUT2D eigenvalue weighted by Gasteiger charge is 2.15. The lowest BCUT2D eigenvalue weighted by Crippen LogP contribution is -2.30. The molecule has 0 radical (unpaired) electrons. The van der Waals surface area contributed by atoms with Crippen molar-refractivity contribution in [2.24, 2.45) is 0 Å². The van der Waals surface area contributed by atoms with Crippen molar-refractivity contribution in [3.05, 3.63) is 47.7 Å². The quantitative estimate of drug-likeness (QED) is 0.788. The summed E-state index contributed by atoms with van der Waals surface area (Å²) in [6.45, 7) is 0.632. The van der Waals surface area contributed by atoms with E-state index in [2.05, 4.69) is 5.32 Å². The van der Waals surface area contributed by atoms with Crippen LogP contribution in [0.2, 0.25) is 0 Å². The molecule has 0 spiro atoms. The fourth-order valence-electron chi connectivity index (χ4n) is 1.99. The Hall–Kier alpha value is -2.03. The molecule has 2 heterocycles. The van der Waals surface area contributed by atoms with E-state index in [1.54, 1.807) is 6.26 Å². The van der Waals surface area contributed by atoms with Crippen LogP contribution in [0.1, 0.15) is 11.1 Å². The molecule has 1 aromatic heterocycles. The first-order valence-corrected chi connectivity index (χ1v) is 5.25. The lowest BCUT2D eigenvalue weighted by molar-refractivity contribution is -0.121. The second-order valence-electron chi connectivity index (χ2n) is 3.91. The fraction of sp³-hybridized carbons (Fsp3) is 0.154. The molecule has 0 unspecified atom stereocenters. The highest BCUT2D eigenvalue weighted by molar-refractivity contribution is 5.81. The van der Waals surface area contributed by atoms with Gasteiger partial charge in [0.2, 0.25) is 5.91 Å². The van der Waals surface area contributed by atoms with Crippen LogP contribution in [0.25, 0.3) is 11.3 Å². The van der Waals surface area contributed by atoms with E-state index in [0.29, 0.717) is 13.0 Å². The first kappa shape index (κ1) is 9.21. The fourth-order valence-corrected chi connectivity index (χ4v) is 1.99. The number of furan rings is 1. The molecule has 2 aromatic rings. The van der Waals surface area contributed by atoms with E-state index in [0.717, 1.165) is 16.9 Å². The molecule has 1 aliphatic rings. The van der Waals surface area contributed by atoms with Crippen LogP contribution >= 0.6 is 0 Å². The zero-order chi connectivity index (χ0) is 11.0. The van der Waals surface area contributed by atoms with Crippen LogP contribution in [-0.2, 0) is 17.8 Å². The van der Waals surface area contributed by atoms with Crippen molar-refractivity contribution in [1.82, 2.24) is 5.32 Å². The maximum Gasteiger partial charge on any atom is 0.224 e. The third-order valence-electron chi connectivity index (χ3n) is 2.84. The number of fused-ring (bicyclic) bond motifs is 1. The topological polar surface area (TPSA) is 42.2 Å². The average molecular weight is 213 g/mol. The number of hydrogen-bond acceptors (Lipinski definition) is 2. The molecule has 0 atom stereocenters. The molecule has 0 aliphatic carbocycles. The minimum atomic E-state index is 0.0871. The SMILES string of the molecule is O=C1Cc2cc(-c3ccco3)ccc2CN1. The van der Waals surface area contributed by atoms with Crippen molar-refractivity contribution >= 4 is 5.91 Å². The van der Waals surface area contributed by atoms with E-state index in [9.17, 15) is 4.79 Å². The van der Waals surface area contributed by atoms with E-state index in [1.807, 2.05) is 30.3 Å². The monoisotopic (exact) mass is 213 g/mol. The highest BCUT2D eigenvalue weighted by Crippen LogP contribution is 2.24. The van der Waals surface area contributed by atoms with Gasteiger partial charge in [0, 0.05) is 12.1 Å². The Morgan fingerprint density at radius 3 is 2.94 bits per heavy atom. The molecule has 0 bridgehead atoms. The summed E-state index contributed by atoms with van der Waals surface area (Å²) in [4.78, 5) is 11.3. The largest absolute Gasteiger partial charge is 0.464 e. The molecule has 0 saturated heterocycles. The third-order valence-corrected chi connectivity index (χ3v) is 2.84. The molecule has 3 rings (SSSR count). The second kappa shape index (κ2) is 3.52. The van der Waals surface area contributed by atoms with Crippen LogP contribution in [-0.4, -0.2) is 5.91 Å². The normalized spacial score (nSPS) is 14.4. The maximum absolute atomic E-state index is 11.3. The summed E-state index contributed by atoms with van der Waals surface area (Å²) < 4.78 is 5.34. The molecule has 1 aliphatic heterocycles. The first-order chi connectivity index (χ1) is 7.83. The highest BCUT2D eigenvalue weighted by atomic mass is 16.3. The van der Waals surface area contributed by atoms with Gasteiger partial charge in [0.15, 0.2) is 0 Å². The Kier molecular flexibility index (Phi) is 2.03. The third kappa shape index (κ3) is 1.50. The van der Waals surface area contributed by atoms with Gasteiger partial charge >= 0.3 is 0 Å². The number of nitrogens with one attached hydrogen (secondary N) is 1. The molecular formula is C13H11NO2. The summed E-state index contributed by atoms with van der Waals surface area (Å²) in [5.41, 5.74) is 3.31. The van der Waals surface area contributed by atoms with Crippen molar-refractivity contribution in [3.63, 3.8) is 0 Å². The predicted molar refractivity (Wildman–Crippen MR) is 59.7 cm³/mol. The van der Waals surface area contributed by atoms with Gasteiger partial charge in [0.05, 0.1) is 12.7 Å². The molecular weight excluding hydrogens is 202 g/mol. The van der Waals surface area contributed by atoms with E-state index in [-0.39, 0.29) is 5.91 Å². The number of carbonyl (C=O) groups is 1. The number of carbonyl (C=O) groups excluding carboxylic acids is 1. The van der Waals surface area contributed by atoms with E-state index in [4.69, 9.17) is 4.42 Å². The van der Waals surface area contributed by atoms with Gasteiger partial charge in [-0.25, -0.2) is 0 Å². The maximum atomic E-state index is 11.3. The van der Waals surface area contributed by atoms with E-state index >= 15 is 0 Å². The Bertz CT molecular complexity index is 529. The molecule has 80 valence electrons. The van der Waals surface area contributed by atoms with Gasteiger partial charge in [-0.2, -0.15) is 0 Å². The number of rotatable bonds is 1. The zero-order valence-corrected chi connectivity index (χ0v) is 8.69. The molecule has 0 saturated carbocycles. The summed E-state index contributed by atoms with van der Waals surface area (Å²) in [5, 5.41) is 2.83. The standard InChI is InChI=1S/C13H11NO2/c15-13-7-11-6-9(12-2-1-5-16-12)3-4-10(11)8-14-13/h1-6H,7-8H2,(H,14,15). The van der Waals surface area contributed by atoms with Gasteiger partial charge in [-0.15, -0.1) is 0 Å². The van der Waals surface area contributed by atoms with Crippen LogP contribution < -0.4 is 5.32 Å². The molecule has 3 nitrogen and oxygen atoms in total. The van der Waals surface area contributed by atoms with E-state index in [1.165, 1.54) is 5.56 Å². The Balaban J connectivity index is 2.04. The van der Waals surface area contributed by atoms with Crippen molar-refractivity contribution in [1.29, 1.82) is 0 Å². The van der Waals surface area contributed by atoms with Gasteiger partial charge in [-0.1, -0.05) is 12.1 Å². The van der Waals surface area contributed by atoms with E-state index < -0.39 is 0 Å². The summed E-state index contributed by atoms with van der Waals surface area (Å²) in [5.74, 6) is 0.929. The van der Waals surface area contributed by atoms with Crippen LogP contribution in [0.4, 0.5) is 0 Å². The summed E-state index contributed by atoms with van der Waals surface area (Å²) in [6, 6.07) is 9.89. The molecule has 1 N–H and O–H groups in total. The number of hydrogen-bond donors (Lipinski definition) is 1. The van der Waals surface area contributed by atoms with Gasteiger partial charge in [0.25, 0.3) is 0 Å². The lowest BCUT2D eigenvalue weighted by atomic mass is 9.97. The average Bonchev–Trinajstić information content (AvgIpc) is 2.81. The van der Waals surface area contributed by atoms with Crippen molar-refractivity contribution < 1.29 is 9.21 Å². The Morgan fingerprint density at radius 2 is 2.12 bits per heavy atom. The van der Waals surface area contributed by atoms with Gasteiger partial charge in [-0.3, -0.25) is 4.79 Å². The second-order valence-corrected chi connectivity index (χ2v) is 3.91. The van der Waals surface area contributed by atoms with Crippen LogP contribution in [0.3, 0.4) is 0 Å². The summed E-state index contributed by atoms with van der Waals surface area (Å²) >= 11 is 0. The summed E-state index contributed by atoms with van der Waals surface area (Å²) in [7, 11) is 0. The zero-order valence-electron chi connectivity index (χ0n) is 8.69. The predicted octanol–water partition coefficient (Wildman–Crippen LogP) is 2.12. The lowest BCUT2D eigenvalue weighted by Gasteiger charge is -2.17. The molecule has 3 heteroatoms. The van der Waals surface area contributed by atoms with Crippen LogP contribution in [0, 0.1) is 0 Å². The van der Waals surface area contributed by atoms with Gasteiger partial charge in [0.1, 0.15) is 5.76 Å². The van der Waals surface area contributed by atoms with Crippen molar-refractivity contribution in [2.75, 3.05) is 0 Å².